The molecular weight excluding hydrogens is 318 g/mol. The summed E-state index contributed by atoms with van der Waals surface area (Å²) in [5.41, 5.74) is 2.89. The SMILES string of the molecule is O=C(CCn1ccc(C(=O)O)n1)Nc1ccc(-c2ccccc2)cc1. The summed E-state index contributed by atoms with van der Waals surface area (Å²) in [6, 6.07) is 19.0. The van der Waals surface area contributed by atoms with Gasteiger partial charge in [0.15, 0.2) is 5.69 Å². The number of amides is 1. The summed E-state index contributed by atoms with van der Waals surface area (Å²) in [4.78, 5) is 22.8. The highest BCUT2D eigenvalue weighted by molar-refractivity contribution is 5.91. The van der Waals surface area contributed by atoms with Gasteiger partial charge in [-0.2, -0.15) is 5.10 Å². The predicted molar refractivity (Wildman–Crippen MR) is 94.3 cm³/mol. The number of nitrogens with zero attached hydrogens (tertiary/aromatic N) is 2. The summed E-state index contributed by atoms with van der Waals surface area (Å²) in [5, 5.41) is 15.5. The minimum absolute atomic E-state index is 0.0306. The molecule has 2 N–H and O–H groups in total. The normalized spacial score (nSPS) is 10.4. The van der Waals surface area contributed by atoms with Gasteiger partial charge < -0.3 is 10.4 Å². The zero-order chi connectivity index (χ0) is 17.6. The molecule has 0 aliphatic carbocycles. The first-order chi connectivity index (χ1) is 12.1. The van der Waals surface area contributed by atoms with Gasteiger partial charge in [-0.05, 0) is 29.3 Å². The molecule has 2 aromatic carbocycles. The van der Waals surface area contributed by atoms with E-state index >= 15 is 0 Å². The number of carbonyl (C=O) groups excluding carboxylic acids is 1. The summed E-state index contributed by atoms with van der Waals surface area (Å²) in [6.07, 6.45) is 1.76. The van der Waals surface area contributed by atoms with Crippen molar-refractivity contribution in [2.24, 2.45) is 0 Å². The standard InChI is InChI=1S/C19H17N3O3/c23-18(11-13-22-12-10-17(21-22)19(24)25)20-16-8-6-15(7-9-16)14-4-2-1-3-5-14/h1-10,12H,11,13H2,(H,20,23)(H,24,25). The van der Waals surface area contributed by atoms with Crippen LogP contribution in [0.15, 0.2) is 66.9 Å². The van der Waals surface area contributed by atoms with Crippen LogP contribution >= 0.6 is 0 Å². The second-order valence-corrected chi connectivity index (χ2v) is 5.51. The van der Waals surface area contributed by atoms with Gasteiger partial charge in [0.25, 0.3) is 0 Å². The zero-order valence-electron chi connectivity index (χ0n) is 13.4. The Morgan fingerprint density at radius 2 is 1.64 bits per heavy atom. The molecule has 3 aromatic rings. The van der Waals surface area contributed by atoms with E-state index in [2.05, 4.69) is 10.4 Å². The van der Waals surface area contributed by atoms with Crippen LogP contribution in [0, 0.1) is 0 Å². The number of aromatic nitrogens is 2. The second kappa shape index (κ2) is 7.44. The Balaban J connectivity index is 1.55. The summed E-state index contributed by atoms with van der Waals surface area (Å²) in [6.45, 7) is 0.321. The van der Waals surface area contributed by atoms with Crippen LogP contribution in [0.25, 0.3) is 11.1 Å². The van der Waals surface area contributed by atoms with E-state index in [1.807, 2.05) is 54.6 Å². The Hall–Kier alpha value is -3.41. The quantitative estimate of drug-likeness (QED) is 0.724. The number of nitrogens with one attached hydrogen (secondary N) is 1. The predicted octanol–water partition coefficient (Wildman–Crippen LogP) is 3.28. The number of rotatable bonds is 6. The third kappa shape index (κ3) is 4.32. The molecule has 0 spiro atoms. The molecule has 126 valence electrons. The van der Waals surface area contributed by atoms with Crippen LogP contribution in [0.1, 0.15) is 16.9 Å². The van der Waals surface area contributed by atoms with E-state index in [0.29, 0.717) is 6.54 Å². The molecule has 0 saturated heterocycles. The van der Waals surface area contributed by atoms with Crippen molar-refractivity contribution in [2.75, 3.05) is 5.32 Å². The highest BCUT2D eigenvalue weighted by Crippen LogP contribution is 2.21. The van der Waals surface area contributed by atoms with Gasteiger partial charge in [-0.25, -0.2) is 4.79 Å². The average Bonchev–Trinajstić information content (AvgIpc) is 3.11. The molecule has 0 saturated carbocycles. The Kier molecular flexibility index (Phi) is 4.89. The van der Waals surface area contributed by atoms with Crippen LogP contribution in [-0.2, 0) is 11.3 Å². The van der Waals surface area contributed by atoms with Crippen molar-refractivity contribution in [2.45, 2.75) is 13.0 Å². The maximum atomic E-state index is 12.0. The van der Waals surface area contributed by atoms with Gasteiger partial charge in [-0.1, -0.05) is 42.5 Å². The van der Waals surface area contributed by atoms with E-state index in [0.717, 1.165) is 16.8 Å². The van der Waals surface area contributed by atoms with Crippen LogP contribution in [0.3, 0.4) is 0 Å². The van der Waals surface area contributed by atoms with Gasteiger partial charge in [0, 0.05) is 24.8 Å². The molecule has 3 rings (SSSR count). The van der Waals surface area contributed by atoms with Crippen molar-refractivity contribution in [3.63, 3.8) is 0 Å². The van der Waals surface area contributed by atoms with E-state index in [1.165, 1.54) is 10.7 Å². The molecule has 1 aromatic heterocycles. The first kappa shape index (κ1) is 16.4. The Labute approximate surface area is 144 Å². The lowest BCUT2D eigenvalue weighted by atomic mass is 10.1. The van der Waals surface area contributed by atoms with Crippen LogP contribution < -0.4 is 5.32 Å². The fraction of sp³-hybridized carbons (Fsp3) is 0.105. The van der Waals surface area contributed by atoms with E-state index in [-0.39, 0.29) is 18.0 Å². The molecule has 0 bridgehead atoms. The molecule has 25 heavy (non-hydrogen) atoms. The van der Waals surface area contributed by atoms with E-state index in [9.17, 15) is 9.59 Å². The maximum absolute atomic E-state index is 12.0. The number of hydrogen-bond donors (Lipinski definition) is 2. The summed E-state index contributed by atoms with van der Waals surface area (Å²) in [7, 11) is 0. The van der Waals surface area contributed by atoms with E-state index in [1.54, 1.807) is 6.20 Å². The van der Waals surface area contributed by atoms with Crippen molar-refractivity contribution in [3.05, 3.63) is 72.6 Å². The molecule has 0 aliphatic rings. The molecule has 6 nitrogen and oxygen atoms in total. The van der Waals surface area contributed by atoms with Crippen molar-refractivity contribution in [3.8, 4) is 11.1 Å². The highest BCUT2D eigenvalue weighted by Gasteiger charge is 2.08. The number of carbonyl (C=O) groups is 2. The molecule has 1 heterocycles. The van der Waals surface area contributed by atoms with Crippen LogP contribution in [0.2, 0.25) is 0 Å². The number of anilines is 1. The van der Waals surface area contributed by atoms with Gasteiger partial charge in [0.2, 0.25) is 5.91 Å². The van der Waals surface area contributed by atoms with Crippen molar-refractivity contribution < 1.29 is 14.7 Å². The monoisotopic (exact) mass is 335 g/mol. The number of hydrogen-bond acceptors (Lipinski definition) is 3. The molecule has 0 atom stereocenters. The fourth-order valence-corrected chi connectivity index (χ4v) is 2.42. The summed E-state index contributed by atoms with van der Waals surface area (Å²) in [5.74, 6) is -1.23. The zero-order valence-corrected chi connectivity index (χ0v) is 13.4. The van der Waals surface area contributed by atoms with Gasteiger partial charge >= 0.3 is 5.97 Å². The molecule has 0 aliphatic heterocycles. The molecular formula is C19H17N3O3. The first-order valence-electron chi connectivity index (χ1n) is 7.84. The number of aromatic carboxylic acids is 1. The third-order valence-electron chi connectivity index (χ3n) is 3.70. The van der Waals surface area contributed by atoms with Crippen molar-refractivity contribution in [1.29, 1.82) is 0 Å². The Morgan fingerprint density at radius 3 is 2.28 bits per heavy atom. The minimum Gasteiger partial charge on any atom is -0.476 e. The second-order valence-electron chi connectivity index (χ2n) is 5.51. The van der Waals surface area contributed by atoms with Gasteiger partial charge in [0.1, 0.15) is 0 Å². The molecule has 0 fully saturated rings. The molecule has 1 amide bonds. The molecule has 6 heteroatoms. The van der Waals surface area contributed by atoms with Gasteiger partial charge in [-0.15, -0.1) is 0 Å². The van der Waals surface area contributed by atoms with Crippen LogP contribution in [-0.4, -0.2) is 26.8 Å². The summed E-state index contributed by atoms with van der Waals surface area (Å²) < 4.78 is 1.45. The smallest absolute Gasteiger partial charge is 0.356 e. The maximum Gasteiger partial charge on any atom is 0.356 e. The van der Waals surface area contributed by atoms with Crippen molar-refractivity contribution >= 4 is 17.6 Å². The third-order valence-corrected chi connectivity index (χ3v) is 3.70. The van der Waals surface area contributed by atoms with E-state index < -0.39 is 5.97 Å². The topological polar surface area (TPSA) is 84.2 Å². The lowest BCUT2D eigenvalue weighted by molar-refractivity contribution is -0.116. The minimum atomic E-state index is -1.08. The Morgan fingerprint density at radius 1 is 0.960 bits per heavy atom. The van der Waals surface area contributed by atoms with Gasteiger partial charge in [-0.3, -0.25) is 9.48 Å². The lowest BCUT2D eigenvalue weighted by Crippen LogP contribution is -2.15. The largest absolute Gasteiger partial charge is 0.476 e. The van der Waals surface area contributed by atoms with Crippen molar-refractivity contribution in [1.82, 2.24) is 9.78 Å². The van der Waals surface area contributed by atoms with Crippen LogP contribution in [0.4, 0.5) is 5.69 Å². The first-order valence-corrected chi connectivity index (χ1v) is 7.84. The molecule has 0 unspecified atom stereocenters. The average molecular weight is 335 g/mol. The van der Waals surface area contributed by atoms with E-state index in [4.69, 9.17) is 5.11 Å². The lowest BCUT2D eigenvalue weighted by Gasteiger charge is -2.07. The number of carboxylic acids is 1. The number of aryl methyl sites for hydroxylation is 1. The Bertz CT molecular complexity index is 870. The number of carboxylic acid groups (broad SMARTS) is 1. The molecule has 0 radical (unpaired) electrons. The fourth-order valence-electron chi connectivity index (χ4n) is 2.42. The number of benzene rings is 2. The van der Waals surface area contributed by atoms with Gasteiger partial charge in [0.05, 0.1) is 0 Å². The summed E-state index contributed by atoms with van der Waals surface area (Å²) >= 11 is 0. The highest BCUT2D eigenvalue weighted by atomic mass is 16.4. The van der Waals surface area contributed by atoms with Crippen LogP contribution in [0.5, 0.6) is 0 Å².